The zero-order valence-electron chi connectivity index (χ0n) is 16.0. The van der Waals surface area contributed by atoms with Crippen molar-refractivity contribution in [3.63, 3.8) is 0 Å². The Bertz CT molecular complexity index is 778. The van der Waals surface area contributed by atoms with Crippen LogP contribution in [0.1, 0.15) is 38.5 Å². The first-order valence-corrected chi connectivity index (χ1v) is 11.0. The summed E-state index contributed by atoms with van der Waals surface area (Å²) in [6.07, 6.45) is 4.94. The minimum atomic E-state index is -0.376. The SMILES string of the molecule is O=C(C1CCCCN1C(=O)C1CC(=O)N(c2cccc(Br)c2)C1)N1CCCC1. The fraction of sp³-hybridized carbons (Fsp3) is 0.571. The maximum atomic E-state index is 13.3. The summed E-state index contributed by atoms with van der Waals surface area (Å²) in [6, 6.07) is 7.22. The van der Waals surface area contributed by atoms with Crippen LogP contribution < -0.4 is 4.90 Å². The second-order valence-corrected chi connectivity index (χ2v) is 8.88. The van der Waals surface area contributed by atoms with E-state index < -0.39 is 0 Å². The fourth-order valence-electron chi connectivity index (χ4n) is 4.60. The number of benzene rings is 1. The standard InChI is InChI=1S/C21H26BrN3O3/c22-16-6-5-7-17(13-16)25-14-15(12-19(25)26)20(27)24-11-2-1-8-18(24)21(28)23-9-3-4-10-23/h5-7,13,15,18H,1-4,8-12,14H2. The van der Waals surface area contributed by atoms with E-state index in [1.807, 2.05) is 29.2 Å². The minimum absolute atomic E-state index is 0.0316. The number of halogens is 1. The molecule has 3 heterocycles. The molecule has 0 spiro atoms. The van der Waals surface area contributed by atoms with E-state index in [0.717, 1.165) is 55.4 Å². The van der Waals surface area contributed by atoms with Gasteiger partial charge in [-0.15, -0.1) is 0 Å². The number of hydrogen-bond donors (Lipinski definition) is 0. The van der Waals surface area contributed by atoms with Gasteiger partial charge in [0.1, 0.15) is 6.04 Å². The van der Waals surface area contributed by atoms with Gasteiger partial charge in [-0.05, 0) is 50.3 Å². The fourth-order valence-corrected chi connectivity index (χ4v) is 4.99. The van der Waals surface area contributed by atoms with Crippen LogP contribution in [0, 0.1) is 5.92 Å². The third-order valence-electron chi connectivity index (χ3n) is 6.08. The molecule has 0 bridgehead atoms. The normalized spacial score (nSPS) is 25.5. The molecule has 150 valence electrons. The predicted octanol–water partition coefficient (Wildman–Crippen LogP) is 2.81. The monoisotopic (exact) mass is 447 g/mol. The highest BCUT2D eigenvalue weighted by Gasteiger charge is 2.42. The van der Waals surface area contributed by atoms with Crippen molar-refractivity contribution >= 4 is 39.3 Å². The highest BCUT2D eigenvalue weighted by Crippen LogP contribution is 2.30. The van der Waals surface area contributed by atoms with Crippen LogP contribution in [0.2, 0.25) is 0 Å². The van der Waals surface area contributed by atoms with Crippen molar-refractivity contribution in [3.05, 3.63) is 28.7 Å². The Morgan fingerprint density at radius 1 is 1.00 bits per heavy atom. The largest absolute Gasteiger partial charge is 0.341 e. The van der Waals surface area contributed by atoms with Gasteiger partial charge in [0.05, 0.1) is 5.92 Å². The van der Waals surface area contributed by atoms with E-state index in [2.05, 4.69) is 15.9 Å². The average molecular weight is 448 g/mol. The molecule has 0 aromatic heterocycles. The molecule has 3 fully saturated rings. The summed E-state index contributed by atoms with van der Waals surface area (Å²) in [5.74, 6) is -0.351. The maximum absolute atomic E-state index is 13.3. The Kier molecular flexibility index (Phi) is 5.71. The van der Waals surface area contributed by atoms with Gasteiger partial charge in [0.2, 0.25) is 17.7 Å². The van der Waals surface area contributed by atoms with Crippen molar-refractivity contribution in [2.75, 3.05) is 31.1 Å². The van der Waals surface area contributed by atoms with Gasteiger partial charge >= 0.3 is 0 Å². The van der Waals surface area contributed by atoms with E-state index in [1.165, 1.54) is 0 Å². The van der Waals surface area contributed by atoms with Crippen LogP contribution in [-0.4, -0.2) is 59.7 Å². The second kappa shape index (κ2) is 8.23. The van der Waals surface area contributed by atoms with Gasteiger partial charge in [-0.2, -0.15) is 0 Å². The third-order valence-corrected chi connectivity index (χ3v) is 6.58. The molecule has 7 heteroatoms. The Morgan fingerprint density at radius 2 is 1.75 bits per heavy atom. The van der Waals surface area contributed by atoms with Crippen LogP contribution in [0.5, 0.6) is 0 Å². The first-order valence-electron chi connectivity index (χ1n) is 10.2. The van der Waals surface area contributed by atoms with Crippen molar-refractivity contribution < 1.29 is 14.4 Å². The number of carbonyl (C=O) groups is 3. The quantitative estimate of drug-likeness (QED) is 0.715. The number of rotatable bonds is 3. The molecular weight excluding hydrogens is 422 g/mol. The number of amides is 3. The second-order valence-electron chi connectivity index (χ2n) is 7.96. The summed E-state index contributed by atoms with van der Waals surface area (Å²) in [6.45, 7) is 2.60. The molecule has 28 heavy (non-hydrogen) atoms. The number of anilines is 1. The van der Waals surface area contributed by atoms with Crippen molar-refractivity contribution in [2.45, 2.75) is 44.6 Å². The number of piperidine rings is 1. The summed E-state index contributed by atoms with van der Waals surface area (Å²) < 4.78 is 0.903. The van der Waals surface area contributed by atoms with Crippen LogP contribution >= 0.6 is 15.9 Å². The van der Waals surface area contributed by atoms with E-state index in [1.54, 1.807) is 9.80 Å². The molecule has 3 aliphatic rings. The Hall–Kier alpha value is -1.89. The number of nitrogens with zero attached hydrogens (tertiary/aromatic N) is 3. The van der Waals surface area contributed by atoms with Gasteiger partial charge in [-0.25, -0.2) is 0 Å². The molecule has 3 aliphatic heterocycles. The molecule has 0 radical (unpaired) electrons. The van der Waals surface area contributed by atoms with Gasteiger partial charge in [-0.1, -0.05) is 22.0 Å². The first-order chi connectivity index (χ1) is 13.5. The van der Waals surface area contributed by atoms with Crippen molar-refractivity contribution in [2.24, 2.45) is 5.92 Å². The molecule has 2 atom stereocenters. The van der Waals surface area contributed by atoms with Crippen molar-refractivity contribution in [1.82, 2.24) is 9.80 Å². The summed E-state index contributed by atoms with van der Waals surface area (Å²) in [7, 11) is 0. The summed E-state index contributed by atoms with van der Waals surface area (Å²) in [4.78, 5) is 44.2. The van der Waals surface area contributed by atoms with Crippen LogP contribution in [0.4, 0.5) is 5.69 Å². The van der Waals surface area contributed by atoms with Gasteiger partial charge < -0.3 is 14.7 Å². The molecule has 2 unspecified atom stereocenters. The van der Waals surface area contributed by atoms with E-state index in [0.29, 0.717) is 13.1 Å². The lowest BCUT2D eigenvalue weighted by atomic mass is 9.97. The molecule has 1 aromatic rings. The minimum Gasteiger partial charge on any atom is -0.341 e. The lowest BCUT2D eigenvalue weighted by Crippen LogP contribution is -2.54. The van der Waals surface area contributed by atoms with Crippen LogP contribution in [0.3, 0.4) is 0 Å². The topological polar surface area (TPSA) is 60.9 Å². The number of hydrogen-bond acceptors (Lipinski definition) is 3. The molecule has 3 saturated heterocycles. The summed E-state index contributed by atoms with van der Waals surface area (Å²) in [5.41, 5.74) is 0.804. The number of carbonyl (C=O) groups excluding carboxylic acids is 3. The summed E-state index contributed by atoms with van der Waals surface area (Å²) >= 11 is 3.44. The van der Waals surface area contributed by atoms with Gasteiger partial charge in [0.25, 0.3) is 0 Å². The zero-order valence-corrected chi connectivity index (χ0v) is 17.6. The molecule has 0 N–H and O–H groups in total. The van der Waals surface area contributed by atoms with Crippen molar-refractivity contribution in [1.29, 1.82) is 0 Å². The Labute approximate surface area is 174 Å². The van der Waals surface area contributed by atoms with Crippen LogP contribution in [0.15, 0.2) is 28.7 Å². The molecule has 6 nitrogen and oxygen atoms in total. The van der Waals surface area contributed by atoms with Gasteiger partial charge in [0.15, 0.2) is 0 Å². The Morgan fingerprint density at radius 3 is 2.50 bits per heavy atom. The van der Waals surface area contributed by atoms with Crippen molar-refractivity contribution in [3.8, 4) is 0 Å². The molecule has 3 amide bonds. The van der Waals surface area contributed by atoms with E-state index in [-0.39, 0.29) is 36.1 Å². The zero-order chi connectivity index (χ0) is 19.7. The third kappa shape index (κ3) is 3.81. The highest BCUT2D eigenvalue weighted by molar-refractivity contribution is 9.10. The molecule has 4 rings (SSSR count). The number of likely N-dealkylation sites (tertiary alicyclic amines) is 2. The van der Waals surface area contributed by atoms with Crippen LogP contribution in [0.25, 0.3) is 0 Å². The highest BCUT2D eigenvalue weighted by atomic mass is 79.9. The predicted molar refractivity (Wildman–Crippen MR) is 110 cm³/mol. The Balaban J connectivity index is 1.48. The average Bonchev–Trinajstić information content (AvgIpc) is 3.37. The van der Waals surface area contributed by atoms with Crippen LogP contribution in [-0.2, 0) is 14.4 Å². The smallest absolute Gasteiger partial charge is 0.245 e. The summed E-state index contributed by atoms with van der Waals surface area (Å²) in [5, 5.41) is 0. The molecule has 0 saturated carbocycles. The van der Waals surface area contributed by atoms with E-state index >= 15 is 0 Å². The van der Waals surface area contributed by atoms with Gasteiger partial charge in [-0.3, -0.25) is 14.4 Å². The lowest BCUT2D eigenvalue weighted by Gasteiger charge is -2.38. The molecule has 0 aliphatic carbocycles. The lowest BCUT2D eigenvalue weighted by molar-refractivity contribution is -0.149. The molecule has 1 aromatic carbocycles. The molecular formula is C21H26BrN3O3. The maximum Gasteiger partial charge on any atom is 0.245 e. The first kappa shape index (κ1) is 19.4. The van der Waals surface area contributed by atoms with E-state index in [9.17, 15) is 14.4 Å². The van der Waals surface area contributed by atoms with E-state index in [4.69, 9.17) is 0 Å². The van der Waals surface area contributed by atoms with Gasteiger partial charge in [0, 0.05) is 42.8 Å².